The number of hydrogen-bond donors (Lipinski definition) is 3. The Morgan fingerprint density at radius 1 is 1.50 bits per heavy atom. The van der Waals surface area contributed by atoms with Gasteiger partial charge in [0.25, 0.3) is 0 Å². The van der Waals surface area contributed by atoms with Gasteiger partial charge in [-0.15, -0.1) is 6.58 Å². The maximum Gasteiger partial charge on any atom is 0.191 e. The van der Waals surface area contributed by atoms with Crippen LogP contribution in [0, 0.1) is 5.41 Å². The standard InChI is InChI=1S/C14H27N3O/c1-4-10-16-13(15-5-2)17-11-14(3)9-7-6-8-12(14)18/h4,12,18H,1,5-11H2,2-3H3,(H2,15,16,17). The Morgan fingerprint density at radius 2 is 2.28 bits per heavy atom. The second kappa shape index (κ2) is 7.41. The summed E-state index contributed by atoms with van der Waals surface area (Å²) in [6.07, 6.45) is 5.87. The number of aliphatic hydroxyl groups is 1. The average Bonchev–Trinajstić information content (AvgIpc) is 2.37. The summed E-state index contributed by atoms with van der Waals surface area (Å²) in [5, 5.41) is 16.5. The topological polar surface area (TPSA) is 56.7 Å². The lowest BCUT2D eigenvalue weighted by molar-refractivity contribution is 0.00717. The second-order valence-electron chi connectivity index (χ2n) is 5.28. The van der Waals surface area contributed by atoms with Crippen molar-refractivity contribution < 1.29 is 5.11 Å². The first kappa shape index (κ1) is 15.0. The minimum Gasteiger partial charge on any atom is -0.392 e. The molecule has 1 rings (SSSR count). The SMILES string of the molecule is C=CCNC(=NCC1(C)CCCCC1O)NCC. The summed E-state index contributed by atoms with van der Waals surface area (Å²) in [5.74, 6) is 0.802. The molecule has 0 aromatic heterocycles. The number of nitrogens with one attached hydrogen (secondary N) is 2. The lowest BCUT2D eigenvalue weighted by Crippen LogP contribution is -2.41. The number of rotatable bonds is 5. The summed E-state index contributed by atoms with van der Waals surface area (Å²) in [7, 11) is 0. The first-order chi connectivity index (χ1) is 8.62. The molecular weight excluding hydrogens is 226 g/mol. The molecule has 0 spiro atoms. The van der Waals surface area contributed by atoms with E-state index >= 15 is 0 Å². The molecule has 1 aliphatic rings. The van der Waals surface area contributed by atoms with Crippen molar-refractivity contribution in [1.82, 2.24) is 10.6 Å². The van der Waals surface area contributed by atoms with Gasteiger partial charge in [0.2, 0.25) is 0 Å². The third kappa shape index (κ3) is 4.33. The molecular formula is C14H27N3O. The first-order valence-corrected chi connectivity index (χ1v) is 6.93. The van der Waals surface area contributed by atoms with E-state index in [0.717, 1.165) is 31.8 Å². The van der Waals surface area contributed by atoms with Gasteiger partial charge in [-0.1, -0.05) is 25.8 Å². The molecule has 0 heterocycles. The second-order valence-corrected chi connectivity index (χ2v) is 5.28. The highest BCUT2D eigenvalue weighted by Crippen LogP contribution is 2.36. The van der Waals surface area contributed by atoms with Crippen LogP contribution in [0.25, 0.3) is 0 Å². The van der Waals surface area contributed by atoms with Crippen LogP contribution in [-0.4, -0.2) is 36.8 Å². The number of aliphatic imine (C=N–C) groups is 1. The van der Waals surface area contributed by atoms with E-state index in [4.69, 9.17) is 0 Å². The Balaban J connectivity index is 2.58. The van der Waals surface area contributed by atoms with E-state index in [1.165, 1.54) is 6.42 Å². The predicted molar refractivity (Wildman–Crippen MR) is 76.8 cm³/mol. The van der Waals surface area contributed by atoms with Gasteiger partial charge >= 0.3 is 0 Å². The minimum absolute atomic E-state index is 0.0746. The molecule has 1 fully saturated rings. The maximum absolute atomic E-state index is 10.1. The zero-order chi connectivity index (χ0) is 13.4. The Labute approximate surface area is 111 Å². The van der Waals surface area contributed by atoms with Crippen molar-refractivity contribution in [3.05, 3.63) is 12.7 Å². The lowest BCUT2D eigenvalue weighted by atomic mass is 9.73. The number of aliphatic hydroxyl groups excluding tert-OH is 1. The van der Waals surface area contributed by atoms with Crippen molar-refractivity contribution in [2.45, 2.75) is 45.6 Å². The molecule has 4 heteroatoms. The van der Waals surface area contributed by atoms with Gasteiger partial charge in [0.15, 0.2) is 5.96 Å². The van der Waals surface area contributed by atoms with Crippen LogP contribution in [0.5, 0.6) is 0 Å². The molecule has 0 aliphatic heterocycles. The van der Waals surface area contributed by atoms with Crippen LogP contribution in [0.15, 0.2) is 17.6 Å². The minimum atomic E-state index is -0.225. The number of nitrogens with zero attached hydrogens (tertiary/aromatic N) is 1. The summed E-state index contributed by atoms with van der Waals surface area (Å²) in [5.41, 5.74) is -0.0746. The lowest BCUT2D eigenvalue weighted by Gasteiger charge is -2.37. The van der Waals surface area contributed by atoms with Crippen LogP contribution in [0.1, 0.15) is 39.5 Å². The molecule has 0 amide bonds. The molecule has 3 N–H and O–H groups in total. The molecule has 18 heavy (non-hydrogen) atoms. The molecule has 0 aromatic carbocycles. The van der Waals surface area contributed by atoms with E-state index in [1.54, 1.807) is 0 Å². The Morgan fingerprint density at radius 3 is 2.89 bits per heavy atom. The smallest absolute Gasteiger partial charge is 0.191 e. The zero-order valence-electron chi connectivity index (χ0n) is 11.7. The van der Waals surface area contributed by atoms with Crippen LogP contribution in [0.3, 0.4) is 0 Å². The molecule has 2 unspecified atom stereocenters. The summed E-state index contributed by atoms with van der Waals surface area (Å²) in [4.78, 5) is 4.58. The molecule has 0 saturated heterocycles. The van der Waals surface area contributed by atoms with Crippen LogP contribution in [0.4, 0.5) is 0 Å². The van der Waals surface area contributed by atoms with Gasteiger partial charge in [-0.25, -0.2) is 0 Å². The van der Waals surface area contributed by atoms with E-state index in [1.807, 2.05) is 13.0 Å². The molecule has 0 aromatic rings. The highest BCUT2D eigenvalue weighted by Gasteiger charge is 2.35. The maximum atomic E-state index is 10.1. The molecule has 1 saturated carbocycles. The largest absolute Gasteiger partial charge is 0.392 e. The number of hydrogen-bond acceptors (Lipinski definition) is 2. The van der Waals surface area contributed by atoms with Gasteiger partial charge < -0.3 is 15.7 Å². The Kier molecular flexibility index (Phi) is 6.19. The number of guanidine groups is 1. The van der Waals surface area contributed by atoms with Crippen molar-refractivity contribution in [1.29, 1.82) is 0 Å². The highest BCUT2D eigenvalue weighted by atomic mass is 16.3. The summed E-state index contributed by atoms with van der Waals surface area (Å²) in [6.45, 7) is 10.1. The predicted octanol–water partition coefficient (Wildman–Crippen LogP) is 1.67. The molecule has 2 atom stereocenters. The van der Waals surface area contributed by atoms with Gasteiger partial charge in [0.05, 0.1) is 12.6 Å². The Bertz CT molecular complexity index is 291. The van der Waals surface area contributed by atoms with Gasteiger partial charge in [-0.2, -0.15) is 0 Å². The third-order valence-electron chi connectivity index (χ3n) is 3.64. The zero-order valence-corrected chi connectivity index (χ0v) is 11.7. The highest BCUT2D eigenvalue weighted by molar-refractivity contribution is 5.79. The monoisotopic (exact) mass is 253 g/mol. The van der Waals surface area contributed by atoms with Crippen LogP contribution in [0.2, 0.25) is 0 Å². The summed E-state index contributed by atoms with van der Waals surface area (Å²) in [6, 6.07) is 0. The van der Waals surface area contributed by atoms with Crippen LogP contribution in [-0.2, 0) is 0 Å². The van der Waals surface area contributed by atoms with Crippen molar-refractivity contribution >= 4 is 5.96 Å². The van der Waals surface area contributed by atoms with Crippen molar-refractivity contribution in [3.8, 4) is 0 Å². The third-order valence-corrected chi connectivity index (χ3v) is 3.64. The summed E-state index contributed by atoms with van der Waals surface area (Å²) >= 11 is 0. The molecule has 104 valence electrons. The molecule has 0 radical (unpaired) electrons. The van der Waals surface area contributed by atoms with E-state index < -0.39 is 0 Å². The van der Waals surface area contributed by atoms with Gasteiger partial charge in [0.1, 0.15) is 0 Å². The van der Waals surface area contributed by atoms with Gasteiger partial charge in [-0.3, -0.25) is 4.99 Å². The van der Waals surface area contributed by atoms with Gasteiger partial charge in [-0.05, 0) is 19.8 Å². The summed E-state index contributed by atoms with van der Waals surface area (Å²) < 4.78 is 0. The average molecular weight is 253 g/mol. The van der Waals surface area contributed by atoms with E-state index in [-0.39, 0.29) is 11.5 Å². The van der Waals surface area contributed by atoms with Crippen molar-refractivity contribution in [2.24, 2.45) is 10.4 Å². The van der Waals surface area contributed by atoms with E-state index in [2.05, 4.69) is 29.1 Å². The van der Waals surface area contributed by atoms with Crippen LogP contribution >= 0.6 is 0 Å². The fourth-order valence-electron chi connectivity index (χ4n) is 2.34. The molecule has 4 nitrogen and oxygen atoms in total. The van der Waals surface area contributed by atoms with Crippen molar-refractivity contribution in [2.75, 3.05) is 19.6 Å². The quantitative estimate of drug-likeness (QED) is 0.397. The fraction of sp³-hybridized carbons (Fsp3) is 0.786. The fourth-order valence-corrected chi connectivity index (χ4v) is 2.34. The van der Waals surface area contributed by atoms with E-state index in [9.17, 15) is 5.11 Å². The van der Waals surface area contributed by atoms with Crippen molar-refractivity contribution in [3.63, 3.8) is 0 Å². The van der Waals surface area contributed by atoms with Crippen LogP contribution < -0.4 is 10.6 Å². The van der Waals surface area contributed by atoms with Gasteiger partial charge in [0, 0.05) is 18.5 Å². The first-order valence-electron chi connectivity index (χ1n) is 6.93. The normalized spacial score (nSPS) is 28.8. The molecule has 0 bridgehead atoms. The Hall–Kier alpha value is -1.03. The van der Waals surface area contributed by atoms with E-state index in [0.29, 0.717) is 13.1 Å². The molecule has 1 aliphatic carbocycles.